The van der Waals surface area contributed by atoms with Gasteiger partial charge in [0.1, 0.15) is 6.33 Å². The van der Waals surface area contributed by atoms with Crippen LogP contribution in [0.5, 0.6) is 0 Å². The first-order valence-corrected chi connectivity index (χ1v) is 9.59. The number of nitrogens with zero attached hydrogens (tertiary/aromatic N) is 6. The van der Waals surface area contributed by atoms with Gasteiger partial charge in [-0.1, -0.05) is 11.3 Å². The summed E-state index contributed by atoms with van der Waals surface area (Å²) in [5.74, 6) is 0.930. The number of amides is 1. The zero-order valence-corrected chi connectivity index (χ0v) is 15.3. The maximum absolute atomic E-state index is 11.1. The smallest absolute Gasteiger partial charge is 0.252 e. The summed E-state index contributed by atoms with van der Waals surface area (Å²) in [6.45, 7) is 3.44. The topological polar surface area (TPSA) is 88.3 Å². The summed E-state index contributed by atoms with van der Waals surface area (Å²) in [6, 6.07) is 2.03. The number of carbonyl (C=O) groups is 1. The maximum Gasteiger partial charge on any atom is 0.252 e. The lowest BCUT2D eigenvalue weighted by Crippen LogP contribution is -2.30. The van der Waals surface area contributed by atoms with Crippen molar-refractivity contribution in [2.45, 2.75) is 29.9 Å². The third-order valence-electron chi connectivity index (χ3n) is 4.00. The molecule has 4 rings (SSSR count). The molecule has 0 radical (unpaired) electrons. The van der Waals surface area contributed by atoms with E-state index in [-0.39, 0.29) is 5.91 Å². The normalized spacial score (nSPS) is 18.5. The summed E-state index contributed by atoms with van der Waals surface area (Å²) in [6.07, 6.45) is 7.39. The van der Waals surface area contributed by atoms with Gasteiger partial charge in [-0.05, 0) is 30.9 Å². The molecule has 3 aromatic heterocycles. The van der Waals surface area contributed by atoms with Crippen LogP contribution in [0.15, 0.2) is 29.0 Å². The lowest BCUT2D eigenvalue weighted by molar-refractivity contribution is -0.114. The number of hydrogen-bond acceptors (Lipinski definition) is 8. The van der Waals surface area contributed by atoms with Gasteiger partial charge in [0.15, 0.2) is 5.13 Å². The van der Waals surface area contributed by atoms with Crippen LogP contribution in [0.4, 0.5) is 5.13 Å². The van der Waals surface area contributed by atoms with Crippen LogP contribution in [0, 0.1) is 0 Å². The number of piperidine rings is 1. The van der Waals surface area contributed by atoms with Crippen LogP contribution >= 0.6 is 23.3 Å². The quantitative estimate of drug-likeness (QED) is 0.701. The average molecular weight is 375 g/mol. The standard InChI is InChI=1S/C15H17N7OS2/c1-10(23)20-15-17-7-13(24-15)25-21-6-2-3-11(8-21)12-4-5-16-14-18-9-19-22(12)14/h4-5,7,9,11H,2-3,6,8H2,1H3,(H,17,20,23)/t11-/m1/s1. The number of fused-ring (bicyclic) bond motifs is 1. The van der Waals surface area contributed by atoms with Crippen molar-refractivity contribution in [2.24, 2.45) is 0 Å². The minimum atomic E-state index is -0.0986. The minimum absolute atomic E-state index is 0.0986. The highest BCUT2D eigenvalue weighted by Gasteiger charge is 2.25. The van der Waals surface area contributed by atoms with Crippen molar-refractivity contribution in [3.05, 3.63) is 30.5 Å². The van der Waals surface area contributed by atoms with E-state index in [2.05, 4.69) is 29.7 Å². The highest BCUT2D eigenvalue weighted by Crippen LogP contribution is 2.36. The number of aromatic nitrogens is 5. The Morgan fingerprint density at radius 3 is 3.20 bits per heavy atom. The second-order valence-electron chi connectivity index (χ2n) is 5.83. The zero-order valence-electron chi connectivity index (χ0n) is 13.6. The van der Waals surface area contributed by atoms with E-state index in [0.29, 0.717) is 16.8 Å². The third kappa shape index (κ3) is 3.65. The zero-order chi connectivity index (χ0) is 17.2. The molecule has 130 valence electrons. The molecule has 0 bridgehead atoms. The van der Waals surface area contributed by atoms with Gasteiger partial charge in [-0.2, -0.15) is 10.1 Å². The van der Waals surface area contributed by atoms with Gasteiger partial charge in [-0.25, -0.2) is 18.8 Å². The van der Waals surface area contributed by atoms with E-state index in [4.69, 9.17) is 0 Å². The lowest BCUT2D eigenvalue weighted by Gasteiger charge is -2.31. The summed E-state index contributed by atoms with van der Waals surface area (Å²) >= 11 is 3.19. The van der Waals surface area contributed by atoms with Crippen LogP contribution in [0.1, 0.15) is 31.4 Å². The van der Waals surface area contributed by atoms with Crippen LogP contribution in [-0.2, 0) is 4.79 Å². The first-order valence-electron chi connectivity index (χ1n) is 8.00. The van der Waals surface area contributed by atoms with E-state index in [1.54, 1.807) is 24.5 Å². The van der Waals surface area contributed by atoms with Gasteiger partial charge in [0, 0.05) is 32.1 Å². The number of rotatable bonds is 4. The van der Waals surface area contributed by atoms with Gasteiger partial charge >= 0.3 is 0 Å². The molecule has 0 saturated carbocycles. The molecule has 1 N–H and O–H groups in total. The maximum atomic E-state index is 11.1. The molecule has 0 spiro atoms. The van der Waals surface area contributed by atoms with Crippen LogP contribution in [0.3, 0.4) is 0 Å². The van der Waals surface area contributed by atoms with E-state index in [9.17, 15) is 4.79 Å². The molecule has 1 fully saturated rings. The molecule has 1 aliphatic rings. The third-order valence-corrected chi connectivity index (χ3v) is 6.05. The van der Waals surface area contributed by atoms with Crippen molar-refractivity contribution < 1.29 is 4.79 Å². The Labute approximate surface area is 152 Å². The van der Waals surface area contributed by atoms with Crippen molar-refractivity contribution in [2.75, 3.05) is 18.4 Å². The van der Waals surface area contributed by atoms with Crippen molar-refractivity contribution in [3.8, 4) is 0 Å². The number of anilines is 1. The fourth-order valence-electron chi connectivity index (χ4n) is 2.97. The molecule has 1 aliphatic heterocycles. The van der Waals surface area contributed by atoms with Gasteiger partial charge in [0.05, 0.1) is 16.1 Å². The fraction of sp³-hybridized carbons (Fsp3) is 0.400. The van der Waals surface area contributed by atoms with Gasteiger partial charge in [0.25, 0.3) is 5.78 Å². The Morgan fingerprint density at radius 2 is 2.32 bits per heavy atom. The van der Waals surface area contributed by atoms with E-state index in [0.717, 1.165) is 35.8 Å². The lowest BCUT2D eigenvalue weighted by atomic mass is 9.96. The summed E-state index contributed by atoms with van der Waals surface area (Å²) in [5.41, 5.74) is 1.15. The van der Waals surface area contributed by atoms with Crippen LogP contribution < -0.4 is 5.32 Å². The summed E-state index contributed by atoms with van der Waals surface area (Å²) in [5, 5.41) is 7.67. The Balaban J connectivity index is 1.47. The van der Waals surface area contributed by atoms with E-state index < -0.39 is 0 Å². The van der Waals surface area contributed by atoms with E-state index in [1.165, 1.54) is 18.3 Å². The number of carbonyl (C=O) groups excluding carboxylic acids is 1. The number of nitrogens with one attached hydrogen (secondary N) is 1. The SMILES string of the molecule is CC(=O)Nc1ncc(SN2CCC[C@@H](c3ccnc4ncnn34)C2)s1. The second-order valence-corrected chi connectivity index (χ2v) is 8.25. The van der Waals surface area contributed by atoms with Crippen LogP contribution in [0.2, 0.25) is 0 Å². The highest BCUT2D eigenvalue weighted by molar-refractivity contribution is 7.99. The van der Waals surface area contributed by atoms with Crippen molar-refractivity contribution in [3.63, 3.8) is 0 Å². The molecule has 10 heteroatoms. The molecule has 3 aromatic rings. The Hall–Kier alpha value is -2.04. The predicted molar refractivity (Wildman–Crippen MR) is 96.6 cm³/mol. The summed E-state index contributed by atoms with van der Waals surface area (Å²) in [7, 11) is 0. The first kappa shape index (κ1) is 16.4. The molecule has 8 nitrogen and oxygen atoms in total. The second kappa shape index (κ2) is 7.06. The molecule has 0 aromatic carbocycles. The number of hydrogen-bond donors (Lipinski definition) is 1. The van der Waals surface area contributed by atoms with Gasteiger partial charge in [-0.15, -0.1) is 0 Å². The van der Waals surface area contributed by atoms with E-state index >= 15 is 0 Å². The first-order chi connectivity index (χ1) is 12.2. The highest BCUT2D eigenvalue weighted by atomic mass is 32.2. The molecule has 1 saturated heterocycles. The van der Waals surface area contributed by atoms with Gasteiger partial charge in [-0.3, -0.25) is 4.79 Å². The Kier molecular flexibility index (Phi) is 4.64. The van der Waals surface area contributed by atoms with Crippen LogP contribution in [0.25, 0.3) is 5.78 Å². The van der Waals surface area contributed by atoms with Crippen molar-refractivity contribution in [1.29, 1.82) is 0 Å². The molecular formula is C15H17N7OS2. The van der Waals surface area contributed by atoms with Crippen molar-refractivity contribution in [1.82, 2.24) is 28.9 Å². The molecule has 1 atom stereocenters. The van der Waals surface area contributed by atoms with E-state index in [1.807, 2.05) is 16.8 Å². The molecule has 0 aliphatic carbocycles. The number of thiazole rings is 1. The monoisotopic (exact) mass is 375 g/mol. The molecule has 25 heavy (non-hydrogen) atoms. The predicted octanol–water partition coefficient (Wildman–Crippen LogP) is 2.43. The largest absolute Gasteiger partial charge is 0.302 e. The van der Waals surface area contributed by atoms with Gasteiger partial charge in [0.2, 0.25) is 5.91 Å². The fourth-order valence-corrected chi connectivity index (χ4v) is 5.10. The van der Waals surface area contributed by atoms with Crippen LogP contribution in [-0.4, -0.2) is 47.9 Å². The summed E-state index contributed by atoms with van der Waals surface area (Å²) < 4.78 is 5.26. The molecule has 1 amide bonds. The molecule has 4 heterocycles. The minimum Gasteiger partial charge on any atom is -0.302 e. The van der Waals surface area contributed by atoms with Gasteiger partial charge < -0.3 is 5.32 Å². The molecule has 0 unspecified atom stereocenters. The average Bonchev–Trinajstić information content (AvgIpc) is 3.23. The molecular weight excluding hydrogens is 358 g/mol. The Bertz CT molecular complexity index is 893. The van der Waals surface area contributed by atoms with Crippen molar-refractivity contribution >= 4 is 40.1 Å². The summed E-state index contributed by atoms with van der Waals surface area (Å²) in [4.78, 5) is 23.8. The Morgan fingerprint density at radius 1 is 1.40 bits per heavy atom.